The SMILES string of the molecule is CCOC(=O)/C=C(\c1ccc(Cl)cc1)N(Cc1ccccc1)Cc1ccccc1. The van der Waals surface area contributed by atoms with Crippen molar-refractivity contribution in [1.29, 1.82) is 0 Å². The molecule has 29 heavy (non-hydrogen) atoms. The van der Waals surface area contributed by atoms with Gasteiger partial charge in [-0.1, -0.05) is 84.4 Å². The van der Waals surface area contributed by atoms with Crippen LogP contribution in [0.3, 0.4) is 0 Å². The average molecular weight is 406 g/mol. The van der Waals surface area contributed by atoms with E-state index in [0.717, 1.165) is 22.4 Å². The number of nitrogens with zero attached hydrogens (tertiary/aromatic N) is 1. The van der Waals surface area contributed by atoms with Crippen LogP contribution in [0, 0.1) is 0 Å². The van der Waals surface area contributed by atoms with Crippen LogP contribution in [0.2, 0.25) is 5.02 Å². The van der Waals surface area contributed by atoms with Crippen molar-refractivity contribution in [3.8, 4) is 0 Å². The van der Waals surface area contributed by atoms with Crippen LogP contribution < -0.4 is 0 Å². The van der Waals surface area contributed by atoms with Gasteiger partial charge in [-0.3, -0.25) is 0 Å². The molecule has 0 N–H and O–H groups in total. The molecule has 0 aliphatic carbocycles. The Balaban J connectivity index is 2.02. The van der Waals surface area contributed by atoms with Crippen LogP contribution in [-0.4, -0.2) is 17.5 Å². The minimum atomic E-state index is -0.358. The molecule has 0 aliphatic heterocycles. The summed E-state index contributed by atoms with van der Waals surface area (Å²) in [7, 11) is 0. The van der Waals surface area contributed by atoms with Gasteiger partial charge in [-0.15, -0.1) is 0 Å². The van der Waals surface area contributed by atoms with Gasteiger partial charge >= 0.3 is 5.97 Å². The van der Waals surface area contributed by atoms with Crippen molar-refractivity contribution in [2.24, 2.45) is 0 Å². The fraction of sp³-hybridized carbons (Fsp3) is 0.160. The Bertz CT molecular complexity index is 896. The number of esters is 1. The predicted molar refractivity (Wildman–Crippen MR) is 118 cm³/mol. The van der Waals surface area contributed by atoms with Crippen LogP contribution >= 0.6 is 11.6 Å². The third kappa shape index (κ3) is 6.23. The van der Waals surface area contributed by atoms with Gasteiger partial charge in [-0.25, -0.2) is 4.79 Å². The minimum Gasteiger partial charge on any atom is -0.463 e. The van der Waals surface area contributed by atoms with Crippen LogP contribution in [0.25, 0.3) is 5.70 Å². The molecule has 3 nitrogen and oxygen atoms in total. The highest BCUT2D eigenvalue weighted by molar-refractivity contribution is 6.30. The average Bonchev–Trinajstić information content (AvgIpc) is 2.74. The summed E-state index contributed by atoms with van der Waals surface area (Å²) in [5.74, 6) is -0.358. The van der Waals surface area contributed by atoms with Crippen molar-refractivity contribution in [2.75, 3.05) is 6.61 Å². The summed E-state index contributed by atoms with van der Waals surface area (Å²) in [5.41, 5.74) is 4.03. The molecule has 3 aromatic carbocycles. The molecule has 0 heterocycles. The van der Waals surface area contributed by atoms with Crippen molar-refractivity contribution in [2.45, 2.75) is 20.0 Å². The smallest absolute Gasteiger partial charge is 0.332 e. The maximum Gasteiger partial charge on any atom is 0.332 e. The van der Waals surface area contributed by atoms with Gasteiger partial charge in [0.2, 0.25) is 0 Å². The molecule has 0 unspecified atom stereocenters. The van der Waals surface area contributed by atoms with Crippen LogP contribution in [0.15, 0.2) is 91.0 Å². The van der Waals surface area contributed by atoms with E-state index < -0.39 is 0 Å². The molecule has 3 aromatic rings. The van der Waals surface area contributed by atoms with Crippen molar-refractivity contribution in [1.82, 2.24) is 4.90 Å². The second kappa shape index (κ2) is 10.5. The van der Waals surface area contributed by atoms with Gasteiger partial charge in [0.1, 0.15) is 0 Å². The second-order valence-electron chi connectivity index (χ2n) is 6.62. The largest absolute Gasteiger partial charge is 0.463 e. The molecule has 0 radical (unpaired) electrons. The molecule has 148 valence electrons. The Labute approximate surface area is 177 Å². The molecule has 0 amide bonds. The molecule has 0 saturated heterocycles. The van der Waals surface area contributed by atoms with E-state index in [4.69, 9.17) is 16.3 Å². The molecule has 0 atom stereocenters. The van der Waals surface area contributed by atoms with Crippen LogP contribution in [-0.2, 0) is 22.6 Å². The summed E-state index contributed by atoms with van der Waals surface area (Å²) in [6, 6.07) is 27.9. The summed E-state index contributed by atoms with van der Waals surface area (Å²) in [5, 5.41) is 0.655. The summed E-state index contributed by atoms with van der Waals surface area (Å²) in [6.45, 7) is 3.45. The lowest BCUT2D eigenvalue weighted by Crippen LogP contribution is -2.22. The summed E-state index contributed by atoms with van der Waals surface area (Å²) < 4.78 is 5.20. The molecular formula is C25H24ClNO2. The Hall–Kier alpha value is -3.04. The van der Waals surface area contributed by atoms with Crippen LogP contribution in [0.1, 0.15) is 23.6 Å². The quantitative estimate of drug-likeness (QED) is 0.342. The minimum absolute atomic E-state index is 0.334. The first kappa shape index (κ1) is 20.7. The van der Waals surface area contributed by atoms with Crippen LogP contribution in [0.4, 0.5) is 0 Å². The molecular weight excluding hydrogens is 382 g/mol. The molecule has 0 aliphatic rings. The van der Waals surface area contributed by atoms with E-state index in [-0.39, 0.29) is 5.97 Å². The summed E-state index contributed by atoms with van der Waals surface area (Å²) in [4.78, 5) is 14.5. The van der Waals surface area contributed by atoms with Crippen LogP contribution in [0.5, 0.6) is 0 Å². The topological polar surface area (TPSA) is 29.5 Å². The van der Waals surface area contributed by atoms with Crippen molar-refractivity contribution in [3.63, 3.8) is 0 Å². The molecule has 0 saturated carbocycles. The molecule has 0 aromatic heterocycles. The van der Waals surface area contributed by atoms with E-state index in [0.29, 0.717) is 24.7 Å². The van der Waals surface area contributed by atoms with Gasteiger partial charge in [0, 0.05) is 24.2 Å². The number of carbonyl (C=O) groups is 1. The number of halogens is 1. The first-order chi connectivity index (χ1) is 14.2. The first-order valence-electron chi connectivity index (χ1n) is 9.63. The van der Waals surface area contributed by atoms with Crippen molar-refractivity contribution < 1.29 is 9.53 Å². The highest BCUT2D eigenvalue weighted by Gasteiger charge is 2.16. The fourth-order valence-electron chi connectivity index (χ4n) is 3.11. The van der Waals surface area contributed by atoms with E-state index in [2.05, 4.69) is 29.2 Å². The molecule has 4 heteroatoms. The first-order valence-corrected chi connectivity index (χ1v) is 10.0. The van der Waals surface area contributed by atoms with Crippen molar-refractivity contribution in [3.05, 3.63) is 113 Å². The lowest BCUT2D eigenvalue weighted by atomic mass is 10.1. The Morgan fingerprint density at radius 3 is 1.86 bits per heavy atom. The number of ether oxygens (including phenoxy) is 1. The number of rotatable bonds is 8. The lowest BCUT2D eigenvalue weighted by molar-refractivity contribution is -0.137. The highest BCUT2D eigenvalue weighted by Crippen LogP contribution is 2.26. The maximum atomic E-state index is 12.4. The fourth-order valence-corrected chi connectivity index (χ4v) is 3.23. The number of carbonyl (C=O) groups excluding carboxylic acids is 1. The molecule has 3 rings (SSSR count). The van der Waals surface area contributed by atoms with Gasteiger partial charge in [0.25, 0.3) is 0 Å². The predicted octanol–water partition coefficient (Wildman–Crippen LogP) is 5.95. The van der Waals surface area contributed by atoms with Gasteiger partial charge in [-0.2, -0.15) is 0 Å². The zero-order valence-electron chi connectivity index (χ0n) is 16.4. The Morgan fingerprint density at radius 2 is 1.38 bits per heavy atom. The second-order valence-corrected chi connectivity index (χ2v) is 7.05. The van der Waals surface area contributed by atoms with E-state index in [1.165, 1.54) is 0 Å². The van der Waals surface area contributed by atoms with Gasteiger partial charge in [-0.05, 0) is 35.7 Å². The lowest BCUT2D eigenvalue weighted by Gasteiger charge is -2.28. The summed E-state index contributed by atoms with van der Waals surface area (Å²) >= 11 is 6.09. The van der Waals surface area contributed by atoms with E-state index in [9.17, 15) is 4.79 Å². The number of hydrogen-bond acceptors (Lipinski definition) is 3. The molecule has 0 spiro atoms. The Kier molecular flexibility index (Phi) is 7.48. The highest BCUT2D eigenvalue weighted by atomic mass is 35.5. The normalized spacial score (nSPS) is 11.2. The molecule has 0 bridgehead atoms. The van der Waals surface area contributed by atoms with Crippen molar-refractivity contribution >= 4 is 23.3 Å². The zero-order valence-corrected chi connectivity index (χ0v) is 17.2. The zero-order chi connectivity index (χ0) is 20.5. The maximum absolute atomic E-state index is 12.4. The van der Waals surface area contributed by atoms with Gasteiger partial charge in [0.05, 0.1) is 12.3 Å². The van der Waals surface area contributed by atoms with Gasteiger partial charge < -0.3 is 9.64 Å². The van der Waals surface area contributed by atoms with E-state index in [1.54, 1.807) is 13.0 Å². The van der Waals surface area contributed by atoms with Gasteiger partial charge in [0.15, 0.2) is 0 Å². The van der Waals surface area contributed by atoms with E-state index >= 15 is 0 Å². The third-order valence-corrected chi connectivity index (χ3v) is 4.71. The third-order valence-electron chi connectivity index (χ3n) is 4.45. The van der Waals surface area contributed by atoms with E-state index in [1.807, 2.05) is 60.7 Å². The Morgan fingerprint density at radius 1 is 0.862 bits per heavy atom. The molecule has 0 fully saturated rings. The number of hydrogen-bond donors (Lipinski definition) is 0. The number of benzene rings is 3. The standard InChI is InChI=1S/C25H24ClNO2/c1-2-29-25(28)17-24(22-13-15-23(26)16-14-22)27(18-20-9-5-3-6-10-20)19-21-11-7-4-8-12-21/h3-17H,2,18-19H2,1H3/b24-17+. The monoisotopic (exact) mass is 405 g/mol. The summed E-state index contributed by atoms with van der Waals surface area (Å²) in [6.07, 6.45) is 1.57.